The van der Waals surface area contributed by atoms with Crippen molar-refractivity contribution in [2.45, 2.75) is 13.5 Å². The van der Waals surface area contributed by atoms with Crippen molar-refractivity contribution in [3.63, 3.8) is 0 Å². The van der Waals surface area contributed by atoms with Crippen molar-refractivity contribution >= 4 is 12.6 Å². The maximum absolute atomic E-state index is 9.32. The average Bonchev–Trinajstić information content (AvgIpc) is 2.62. The van der Waals surface area contributed by atoms with Gasteiger partial charge in [0.25, 0.3) is 0 Å². The molecule has 0 radical (unpaired) electrons. The minimum atomic E-state index is -1.58. The molecule has 2 aromatic rings. The van der Waals surface area contributed by atoms with Gasteiger partial charge in [-0.05, 0) is 12.5 Å². The highest BCUT2D eigenvalue weighted by Gasteiger charge is 2.25. The van der Waals surface area contributed by atoms with Gasteiger partial charge in [0.2, 0.25) is 5.88 Å². The normalized spacial score (nSPS) is 10.4. The van der Waals surface area contributed by atoms with E-state index in [9.17, 15) is 10.0 Å². The Balaban J connectivity index is 2.19. The Bertz CT molecular complexity index is 526. The van der Waals surface area contributed by atoms with Gasteiger partial charge in [0.05, 0.1) is 11.2 Å². The summed E-state index contributed by atoms with van der Waals surface area (Å²) in [6.45, 7) is 2.07. The third-order valence-corrected chi connectivity index (χ3v) is 2.69. The molecule has 1 aromatic heterocycles. The van der Waals surface area contributed by atoms with Gasteiger partial charge in [-0.3, -0.25) is 0 Å². The van der Waals surface area contributed by atoms with E-state index < -0.39 is 7.12 Å². The molecule has 0 unspecified atom stereocenters. The van der Waals surface area contributed by atoms with Crippen LogP contribution >= 0.6 is 0 Å². The first-order valence-corrected chi connectivity index (χ1v) is 5.66. The van der Waals surface area contributed by atoms with E-state index in [-0.39, 0.29) is 0 Å². The van der Waals surface area contributed by atoms with Crippen LogP contribution in [0, 0.1) is 6.92 Å². The summed E-state index contributed by atoms with van der Waals surface area (Å²) in [6, 6.07) is 9.67. The highest BCUT2D eigenvalue weighted by molar-refractivity contribution is 6.60. The first kappa shape index (κ1) is 12.7. The van der Waals surface area contributed by atoms with Crippen molar-refractivity contribution in [2.24, 2.45) is 7.05 Å². The predicted octanol–water partition coefficient (Wildman–Crippen LogP) is -0.0127. The molecule has 0 saturated heterocycles. The molecule has 0 aliphatic rings. The van der Waals surface area contributed by atoms with Crippen LogP contribution in [0.1, 0.15) is 11.3 Å². The van der Waals surface area contributed by atoms with Crippen LogP contribution in [-0.4, -0.2) is 26.9 Å². The van der Waals surface area contributed by atoms with Gasteiger partial charge < -0.3 is 14.8 Å². The van der Waals surface area contributed by atoms with Gasteiger partial charge in [-0.1, -0.05) is 30.3 Å². The molecule has 1 heterocycles. The molecule has 0 fully saturated rings. The number of rotatable bonds is 4. The molecule has 0 bridgehead atoms. The lowest BCUT2D eigenvalue weighted by molar-refractivity contribution is 0.279. The van der Waals surface area contributed by atoms with Crippen molar-refractivity contribution in [2.75, 3.05) is 0 Å². The fourth-order valence-corrected chi connectivity index (χ4v) is 1.85. The third-order valence-electron chi connectivity index (χ3n) is 2.69. The zero-order valence-corrected chi connectivity index (χ0v) is 10.4. The topological polar surface area (TPSA) is 67.5 Å². The van der Waals surface area contributed by atoms with Crippen molar-refractivity contribution in [3.05, 3.63) is 41.6 Å². The van der Waals surface area contributed by atoms with Gasteiger partial charge in [-0.25, -0.2) is 4.68 Å². The van der Waals surface area contributed by atoms with E-state index >= 15 is 0 Å². The summed E-state index contributed by atoms with van der Waals surface area (Å²) < 4.78 is 7.12. The van der Waals surface area contributed by atoms with E-state index in [1.807, 2.05) is 30.3 Å². The molecule has 0 aliphatic heterocycles. The van der Waals surface area contributed by atoms with Crippen LogP contribution in [0.3, 0.4) is 0 Å². The van der Waals surface area contributed by atoms with Gasteiger partial charge >= 0.3 is 7.12 Å². The molecule has 0 saturated carbocycles. The second-order valence-electron chi connectivity index (χ2n) is 4.08. The van der Waals surface area contributed by atoms with Gasteiger partial charge in [-0.15, -0.1) is 0 Å². The van der Waals surface area contributed by atoms with Crippen LogP contribution in [-0.2, 0) is 13.7 Å². The van der Waals surface area contributed by atoms with Crippen LogP contribution in [0.15, 0.2) is 30.3 Å². The van der Waals surface area contributed by atoms with Crippen LogP contribution < -0.4 is 10.2 Å². The van der Waals surface area contributed by atoms with E-state index in [0.717, 1.165) is 5.56 Å². The number of benzene rings is 1. The molecule has 2 rings (SSSR count). The lowest BCUT2D eigenvalue weighted by atomic mass is 9.80. The zero-order chi connectivity index (χ0) is 13.1. The van der Waals surface area contributed by atoms with E-state index in [4.69, 9.17) is 4.74 Å². The summed E-state index contributed by atoms with van der Waals surface area (Å²) in [5.41, 5.74) is 1.87. The van der Waals surface area contributed by atoms with Crippen molar-refractivity contribution in [1.29, 1.82) is 0 Å². The van der Waals surface area contributed by atoms with Crippen molar-refractivity contribution in [3.8, 4) is 5.88 Å². The molecule has 0 spiro atoms. The fraction of sp³-hybridized carbons (Fsp3) is 0.250. The molecule has 0 amide bonds. The van der Waals surface area contributed by atoms with Crippen LogP contribution in [0.2, 0.25) is 0 Å². The van der Waals surface area contributed by atoms with E-state index in [1.165, 1.54) is 4.68 Å². The Morgan fingerprint density at radius 1 is 1.28 bits per heavy atom. The maximum Gasteiger partial charge on any atom is 0.495 e. The summed E-state index contributed by atoms with van der Waals surface area (Å²) in [4.78, 5) is 0. The maximum atomic E-state index is 9.32. The fourth-order valence-electron chi connectivity index (χ4n) is 1.85. The summed E-state index contributed by atoms with van der Waals surface area (Å²) in [6.07, 6.45) is 0. The Morgan fingerprint density at radius 2 is 1.94 bits per heavy atom. The molecular formula is C12H15BN2O3. The van der Waals surface area contributed by atoms with Crippen molar-refractivity contribution in [1.82, 2.24) is 9.78 Å². The lowest BCUT2D eigenvalue weighted by Crippen LogP contribution is -2.32. The third kappa shape index (κ3) is 2.55. The average molecular weight is 246 g/mol. The quantitative estimate of drug-likeness (QED) is 0.744. The molecule has 0 atom stereocenters. The number of hydrogen-bond donors (Lipinski definition) is 2. The lowest BCUT2D eigenvalue weighted by Gasteiger charge is -2.08. The number of hydrogen-bond acceptors (Lipinski definition) is 4. The molecule has 94 valence electrons. The Kier molecular flexibility index (Phi) is 3.69. The molecule has 2 N–H and O–H groups in total. The van der Waals surface area contributed by atoms with Crippen molar-refractivity contribution < 1.29 is 14.8 Å². The Labute approximate surface area is 106 Å². The van der Waals surface area contributed by atoms with Gasteiger partial charge in [0, 0.05) is 7.05 Å². The van der Waals surface area contributed by atoms with Gasteiger partial charge in [0.15, 0.2) is 0 Å². The first-order chi connectivity index (χ1) is 8.59. The van der Waals surface area contributed by atoms with E-state index in [2.05, 4.69) is 5.10 Å². The minimum absolute atomic E-state index is 0.313. The zero-order valence-electron chi connectivity index (χ0n) is 10.4. The summed E-state index contributed by atoms with van der Waals surface area (Å²) in [7, 11) is 0.128. The number of ether oxygens (including phenoxy) is 1. The van der Waals surface area contributed by atoms with E-state index in [1.54, 1.807) is 14.0 Å². The highest BCUT2D eigenvalue weighted by Crippen LogP contribution is 2.12. The van der Waals surface area contributed by atoms with Crippen LogP contribution in [0.4, 0.5) is 0 Å². The number of nitrogens with zero attached hydrogens (tertiary/aromatic N) is 2. The SMILES string of the molecule is Cc1nn(C)c(OCc2ccccc2)c1B(O)O. The Morgan fingerprint density at radius 3 is 2.56 bits per heavy atom. The minimum Gasteiger partial charge on any atom is -0.473 e. The second kappa shape index (κ2) is 5.24. The monoisotopic (exact) mass is 246 g/mol. The smallest absolute Gasteiger partial charge is 0.473 e. The molecule has 1 aromatic carbocycles. The molecular weight excluding hydrogens is 231 g/mol. The second-order valence-corrected chi connectivity index (χ2v) is 4.08. The summed E-state index contributed by atoms with van der Waals surface area (Å²) in [5, 5.41) is 22.8. The van der Waals surface area contributed by atoms with Crippen LogP contribution in [0.5, 0.6) is 5.88 Å². The van der Waals surface area contributed by atoms with Gasteiger partial charge in [-0.2, -0.15) is 5.10 Å². The molecule has 5 nitrogen and oxygen atoms in total. The highest BCUT2D eigenvalue weighted by atomic mass is 16.5. The van der Waals surface area contributed by atoms with E-state index in [0.29, 0.717) is 23.6 Å². The largest absolute Gasteiger partial charge is 0.495 e. The van der Waals surface area contributed by atoms with Crippen LogP contribution in [0.25, 0.3) is 0 Å². The summed E-state index contributed by atoms with van der Waals surface area (Å²) >= 11 is 0. The number of aromatic nitrogens is 2. The Hall–Kier alpha value is -1.79. The molecule has 18 heavy (non-hydrogen) atoms. The first-order valence-electron chi connectivity index (χ1n) is 5.66. The standard InChI is InChI=1S/C12H15BN2O3/c1-9-11(13(16)17)12(15(2)14-9)18-8-10-6-4-3-5-7-10/h3-7,16-17H,8H2,1-2H3. The molecule has 0 aliphatic carbocycles. The summed E-state index contributed by atoms with van der Waals surface area (Å²) in [5.74, 6) is 0.381. The van der Waals surface area contributed by atoms with Gasteiger partial charge in [0.1, 0.15) is 6.61 Å². The number of aryl methyl sites for hydroxylation is 2. The molecule has 6 heteroatoms. The predicted molar refractivity (Wildman–Crippen MR) is 68.5 cm³/mol.